The quantitative estimate of drug-likeness (QED) is 0.671. The van der Waals surface area contributed by atoms with Gasteiger partial charge in [0.15, 0.2) is 0 Å². The summed E-state index contributed by atoms with van der Waals surface area (Å²) in [5.41, 5.74) is 1.49. The van der Waals surface area contributed by atoms with Gasteiger partial charge in [-0.25, -0.2) is 4.79 Å². The van der Waals surface area contributed by atoms with Gasteiger partial charge in [-0.05, 0) is 55.8 Å². The van der Waals surface area contributed by atoms with Crippen molar-refractivity contribution in [2.75, 3.05) is 37.4 Å². The van der Waals surface area contributed by atoms with Crippen molar-refractivity contribution < 1.29 is 14.3 Å². The van der Waals surface area contributed by atoms with E-state index in [1.54, 1.807) is 7.11 Å². The summed E-state index contributed by atoms with van der Waals surface area (Å²) in [7, 11) is 1.61. The van der Waals surface area contributed by atoms with Crippen molar-refractivity contribution in [3.8, 4) is 5.75 Å². The van der Waals surface area contributed by atoms with Crippen LogP contribution >= 0.6 is 0 Å². The van der Waals surface area contributed by atoms with Gasteiger partial charge in [0.2, 0.25) is 5.91 Å². The van der Waals surface area contributed by atoms with Crippen LogP contribution in [0.25, 0.3) is 0 Å². The monoisotopic (exact) mass is 396 g/mol. The molecule has 0 aliphatic carbocycles. The Bertz CT molecular complexity index is 795. The highest BCUT2D eigenvalue weighted by Crippen LogP contribution is 2.18. The first-order chi connectivity index (χ1) is 14.1. The molecule has 7 nitrogen and oxygen atoms in total. The molecule has 1 atom stereocenters. The maximum absolute atomic E-state index is 12.5. The van der Waals surface area contributed by atoms with Crippen molar-refractivity contribution >= 4 is 23.3 Å². The molecule has 0 radical (unpaired) electrons. The topological polar surface area (TPSA) is 82.7 Å². The zero-order valence-corrected chi connectivity index (χ0v) is 16.7. The highest BCUT2D eigenvalue weighted by Gasteiger charge is 2.24. The lowest BCUT2D eigenvalue weighted by atomic mass is 10.0. The van der Waals surface area contributed by atoms with Crippen LogP contribution in [0, 0.1) is 0 Å². The largest absolute Gasteiger partial charge is 0.497 e. The van der Waals surface area contributed by atoms with E-state index in [9.17, 15) is 9.59 Å². The molecular formula is C22H28N4O3. The molecule has 29 heavy (non-hydrogen) atoms. The Hall–Kier alpha value is -3.06. The van der Waals surface area contributed by atoms with Gasteiger partial charge >= 0.3 is 6.03 Å². The molecular weight excluding hydrogens is 368 g/mol. The van der Waals surface area contributed by atoms with Gasteiger partial charge in [-0.3, -0.25) is 9.69 Å². The van der Waals surface area contributed by atoms with Crippen molar-refractivity contribution in [2.45, 2.75) is 25.3 Å². The van der Waals surface area contributed by atoms with Crippen LogP contribution in [0.2, 0.25) is 0 Å². The number of urea groups is 1. The summed E-state index contributed by atoms with van der Waals surface area (Å²) in [6.45, 7) is 1.66. The maximum atomic E-state index is 12.5. The molecule has 0 saturated carbocycles. The van der Waals surface area contributed by atoms with E-state index in [4.69, 9.17) is 4.74 Å². The third-order valence-corrected chi connectivity index (χ3v) is 5.00. The van der Waals surface area contributed by atoms with Crippen LogP contribution in [0.3, 0.4) is 0 Å². The van der Waals surface area contributed by atoms with Gasteiger partial charge in [-0.1, -0.05) is 24.6 Å². The van der Waals surface area contributed by atoms with Crippen molar-refractivity contribution in [1.29, 1.82) is 0 Å². The number of nitrogens with zero attached hydrogens (tertiary/aromatic N) is 1. The number of methoxy groups -OCH3 is 1. The second-order valence-corrected chi connectivity index (χ2v) is 7.10. The van der Waals surface area contributed by atoms with Crippen molar-refractivity contribution in [3.63, 3.8) is 0 Å². The Morgan fingerprint density at radius 2 is 1.72 bits per heavy atom. The number of piperidine rings is 1. The van der Waals surface area contributed by atoms with Gasteiger partial charge in [-0.2, -0.15) is 0 Å². The number of hydrogen-bond donors (Lipinski definition) is 3. The van der Waals surface area contributed by atoms with E-state index in [1.165, 1.54) is 0 Å². The first-order valence-corrected chi connectivity index (χ1v) is 9.92. The number of benzene rings is 2. The minimum Gasteiger partial charge on any atom is -0.497 e. The molecule has 0 spiro atoms. The molecule has 3 amide bonds. The molecule has 1 aliphatic heterocycles. The summed E-state index contributed by atoms with van der Waals surface area (Å²) >= 11 is 0. The fourth-order valence-corrected chi connectivity index (χ4v) is 3.47. The fraction of sp³-hybridized carbons (Fsp3) is 0.364. The number of para-hydroxylation sites is 1. The predicted octanol–water partition coefficient (Wildman–Crippen LogP) is 3.31. The molecule has 1 saturated heterocycles. The van der Waals surface area contributed by atoms with Gasteiger partial charge in [0.25, 0.3) is 0 Å². The average molecular weight is 396 g/mol. The Labute approximate surface area is 171 Å². The first kappa shape index (κ1) is 20.7. The molecule has 1 aliphatic rings. The minimum atomic E-state index is -0.232. The third-order valence-electron chi connectivity index (χ3n) is 5.00. The fourth-order valence-electron chi connectivity index (χ4n) is 3.47. The Morgan fingerprint density at radius 1 is 1.00 bits per heavy atom. The Kier molecular flexibility index (Phi) is 7.47. The number of anilines is 2. The number of carbonyl (C=O) groups excluding carboxylic acids is 2. The van der Waals surface area contributed by atoms with Crippen LogP contribution in [-0.4, -0.2) is 49.6 Å². The normalized spacial score (nSPS) is 16.7. The Balaban J connectivity index is 1.48. The number of rotatable bonds is 7. The second kappa shape index (κ2) is 10.5. The summed E-state index contributed by atoms with van der Waals surface area (Å²) in [6, 6.07) is 16.5. The molecule has 2 aromatic rings. The van der Waals surface area contributed by atoms with Gasteiger partial charge < -0.3 is 20.7 Å². The van der Waals surface area contributed by atoms with Gasteiger partial charge in [0.05, 0.1) is 13.7 Å². The van der Waals surface area contributed by atoms with E-state index in [-0.39, 0.29) is 18.0 Å². The first-order valence-electron chi connectivity index (χ1n) is 9.92. The van der Waals surface area contributed by atoms with Crippen LogP contribution in [0.5, 0.6) is 5.75 Å². The molecule has 3 N–H and O–H groups in total. The molecule has 154 valence electrons. The van der Waals surface area contributed by atoms with E-state index >= 15 is 0 Å². The number of ether oxygens (including phenoxy) is 1. The standard InChI is InChI=1S/C22H28N4O3/c1-29-20-12-10-18(11-13-20)24-21(27)16-26-14-6-5-9-19(26)15-23-22(28)25-17-7-3-2-4-8-17/h2-4,7-8,10-13,19H,5-6,9,14-16H2,1H3,(H,24,27)(H2,23,25,28). The zero-order chi connectivity index (χ0) is 20.5. The van der Waals surface area contributed by atoms with Crippen LogP contribution in [0.1, 0.15) is 19.3 Å². The van der Waals surface area contributed by atoms with E-state index in [1.807, 2.05) is 54.6 Å². The number of carbonyl (C=O) groups is 2. The van der Waals surface area contributed by atoms with Gasteiger partial charge in [0.1, 0.15) is 5.75 Å². The number of amides is 3. The number of hydrogen-bond acceptors (Lipinski definition) is 4. The number of likely N-dealkylation sites (tertiary alicyclic amines) is 1. The van der Waals surface area contributed by atoms with Crippen molar-refractivity contribution in [2.24, 2.45) is 0 Å². The molecule has 7 heteroatoms. The summed E-state index contributed by atoms with van der Waals surface area (Å²) in [6.07, 6.45) is 3.12. The lowest BCUT2D eigenvalue weighted by Gasteiger charge is -2.35. The lowest BCUT2D eigenvalue weighted by Crippen LogP contribution is -2.49. The third kappa shape index (κ3) is 6.50. The summed E-state index contributed by atoms with van der Waals surface area (Å²) in [4.78, 5) is 26.8. The molecule has 1 unspecified atom stereocenters. The molecule has 1 heterocycles. The second-order valence-electron chi connectivity index (χ2n) is 7.10. The number of nitrogens with one attached hydrogen (secondary N) is 3. The molecule has 0 aromatic heterocycles. The van der Waals surface area contributed by atoms with Crippen molar-refractivity contribution in [1.82, 2.24) is 10.2 Å². The van der Waals surface area contributed by atoms with E-state index in [0.717, 1.165) is 42.9 Å². The average Bonchev–Trinajstić information content (AvgIpc) is 2.74. The van der Waals surface area contributed by atoms with E-state index in [2.05, 4.69) is 20.9 Å². The molecule has 3 rings (SSSR count). The smallest absolute Gasteiger partial charge is 0.319 e. The maximum Gasteiger partial charge on any atom is 0.319 e. The summed E-state index contributed by atoms with van der Waals surface area (Å²) < 4.78 is 5.13. The van der Waals surface area contributed by atoms with Crippen molar-refractivity contribution in [3.05, 3.63) is 54.6 Å². The Morgan fingerprint density at radius 3 is 2.45 bits per heavy atom. The van der Waals surface area contributed by atoms with Gasteiger partial charge in [0, 0.05) is 24.0 Å². The summed E-state index contributed by atoms with van der Waals surface area (Å²) in [5, 5.41) is 8.67. The molecule has 1 fully saturated rings. The van der Waals surface area contributed by atoms with Crippen LogP contribution in [0.15, 0.2) is 54.6 Å². The zero-order valence-electron chi connectivity index (χ0n) is 16.7. The highest BCUT2D eigenvalue weighted by atomic mass is 16.5. The van der Waals surface area contributed by atoms with Crippen LogP contribution in [-0.2, 0) is 4.79 Å². The lowest BCUT2D eigenvalue weighted by molar-refractivity contribution is -0.118. The molecule has 0 bridgehead atoms. The van der Waals surface area contributed by atoms with E-state index < -0.39 is 0 Å². The van der Waals surface area contributed by atoms with Gasteiger partial charge in [-0.15, -0.1) is 0 Å². The van der Waals surface area contributed by atoms with E-state index in [0.29, 0.717) is 13.1 Å². The SMILES string of the molecule is COc1ccc(NC(=O)CN2CCCCC2CNC(=O)Nc2ccccc2)cc1. The minimum absolute atomic E-state index is 0.0594. The van der Waals surface area contributed by atoms with Crippen LogP contribution < -0.4 is 20.7 Å². The highest BCUT2D eigenvalue weighted by molar-refractivity contribution is 5.92. The summed E-state index contributed by atoms with van der Waals surface area (Å²) in [5.74, 6) is 0.690. The van der Waals surface area contributed by atoms with Crippen LogP contribution in [0.4, 0.5) is 16.2 Å². The molecule has 2 aromatic carbocycles. The predicted molar refractivity (Wildman–Crippen MR) is 114 cm³/mol.